The summed E-state index contributed by atoms with van der Waals surface area (Å²) >= 11 is 2.94. The zero-order valence-corrected chi connectivity index (χ0v) is 55.1. The second kappa shape index (κ2) is 27.9. The SMILES string of the molecule is CC(=O)Nc1ccc2cc(-c3cnc4c(c3)N(C(=O)OC3CCCCC3)CCO4)ccc2n1.CCCC(C)OC(=O)N1CCc2ncc(-c3ccc4nc(NC(=O)C5CC5)sc4c3)cc21.O=C(Nc1nc2ccc(-c3cnc4c(c3)N(C(=O)OC3COC3)CC4)cc2s1)C1CC1. The lowest BCUT2D eigenvalue weighted by Gasteiger charge is -2.31. The average molecular weight is 1330 g/mol. The Hall–Kier alpha value is -9.72. The fraction of sp³-hybridized carbons (Fsp3) is 0.380. The fourth-order valence-electron chi connectivity index (χ4n) is 12.2. The zero-order valence-electron chi connectivity index (χ0n) is 53.5. The number of fused-ring (bicyclic) bond motifs is 6. The van der Waals surface area contributed by atoms with E-state index >= 15 is 0 Å². The van der Waals surface area contributed by atoms with Gasteiger partial charge in [-0.15, -0.1) is 0 Å². The van der Waals surface area contributed by atoms with Gasteiger partial charge in [0.25, 0.3) is 0 Å². The molecular formula is C71H72N12O11S2. The van der Waals surface area contributed by atoms with Gasteiger partial charge in [-0.1, -0.05) is 60.6 Å². The van der Waals surface area contributed by atoms with Crippen LogP contribution in [0, 0.1) is 11.8 Å². The Morgan fingerprint density at radius 2 is 1.09 bits per heavy atom. The van der Waals surface area contributed by atoms with E-state index in [0.717, 1.165) is 158 Å². The molecule has 1 atom stereocenters. The van der Waals surface area contributed by atoms with E-state index in [9.17, 15) is 28.8 Å². The van der Waals surface area contributed by atoms with Crippen LogP contribution < -0.4 is 35.4 Å². The van der Waals surface area contributed by atoms with Crippen LogP contribution in [0.15, 0.2) is 104 Å². The van der Waals surface area contributed by atoms with Crippen LogP contribution in [0.3, 0.4) is 0 Å². The van der Waals surface area contributed by atoms with Gasteiger partial charge in [0.05, 0.1) is 68.5 Å². The van der Waals surface area contributed by atoms with Crippen molar-refractivity contribution in [2.45, 2.75) is 123 Å². The molecule has 16 rings (SSSR count). The van der Waals surface area contributed by atoms with Crippen molar-refractivity contribution in [3.63, 3.8) is 0 Å². The molecule has 6 aromatic heterocycles. The van der Waals surface area contributed by atoms with Crippen LogP contribution in [0.4, 0.5) is 47.5 Å². The van der Waals surface area contributed by atoms with Crippen molar-refractivity contribution in [2.75, 3.05) is 70.1 Å². The first kappa shape index (κ1) is 63.7. The van der Waals surface area contributed by atoms with Crippen molar-refractivity contribution >= 4 is 123 Å². The first-order valence-electron chi connectivity index (χ1n) is 33.0. The van der Waals surface area contributed by atoms with Gasteiger partial charge in [0.2, 0.25) is 23.6 Å². The summed E-state index contributed by atoms with van der Waals surface area (Å²) in [6, 6.07) is 27.5. The molecule has 96 heavy (non-hydrogen) atoms. The highest BCUT2D eigenvalue weighted by Gasteiger charge is 2.35. The van der Waals surface area contributed by atoms with Gasteiger partial charge in [-0.2, -0.15) is 0 Å². The van der Waals surface area contributed by atoms with Gasteiger partial charge in [-0.05, 0) is 148 Å². The molecule has 7 aliphatic rings. The highest BCUT2D eigenvalue weighted by atomic mass is 32.1. The number of carbonyl (C=O) groups is 6. The lowest BCUT2D eigenvalue weighted by molar-refractivity contribution is -0.118. The molecule has 3 aromatic carbocycles. The Balaban J connectivity index is 0.000000124. The highest BCUT2D eigenvalue weighted by Crippen LogP contribution is 2.40. The molecular weight excluding hydrogens is 1260 g/mol. The minimum Gasteiger partial charge on any atom is -0.474 e. The molecule has 0 bridgehead atoms. The van der Waals surface area contributed by atoms with Gasteiger partial charge in [0.15, 0.2) is 16.4 Å². The standard InChI is InChI=1S/C25H26N4O4.C24H26N4O3S.C22H20N4O4S/c1-16(30)27-23-10-8-18-13-17(7-9-21(18)28-23)19-14-22-24(26-15-19)32-12-11-29(22)25(31)33-20-5-3-2-4-6-20;1-3-4-14(2)31-24(30)28-10-9-18-20(28)11-17(13-25-18)16-7-8-19-21(12-16)32-23(26-19)27-22(29)15-5-6-15;27-20(12-1-2-12)25-21-24-17-4-3-13(8-19(17)31-21)14-7-18-16(23-9-14)5-6-26(18)22(28)30-15-10-29-11-15/h7-10,13-15,20H,2-6,11-12H2,1H3,(H,27,28,30);7-8,11-15H,3-6,9-10H2,1-2H3,(H,26,27,29);3-4,7-9,12,15H,1-2,5-6,10-11H2,(H,24,25,27). The second-order valence-corrected chi connectivity index (χ2v) is 27.2. The average Bonchev–Trinajstić information content (AvgIpc) is 1.40. The van der Waals surface area contributed by atoms with E-state index in [1.54, 1.807) is 27.0 Å². The van der Waals surface area contributed by atoms with E-state index in [4.69, 9.17) is 23.7 Å². The van der Waals surface area contributed by atoms with E-state index in [-0.39, 0.29) is 66.1 Å². The van der Waals surface area contributed by atoms with E-state index in [2.05, 4.69) is 58.8 Å². The first-order valence-corrected chi connectivity index (χ1v) is 34.6. The molecule has 3 aliphatic carbocycles. The first-order chi connectivity index (χ1) is 46.7. The quantitative estimate of drug-likeness (QED) is 0.0905. The predicted molar refractivity (Wildman–Crippen MR) is 368 cm³/mol. The molecule has 494 valence electrons. The Labute approximate surface area is 561 Å². The summed E-state index contributed by atoms with van der Waals surface area (Å²) < 4.78 is 29.6. The number of nitrogens with zero attached hydrogens (tertiary/aromatic N) is 9. The maximum Gasteiger partial charge on any atom is 0.414 e. The third-order valence-electron chi connectivity index (χ3n) is 17.8. The third-order valence-corrected chi connectivity index (χ3v) is 19.6. The molecule has 3 saturated carbocycles. The number of ether oxygens (including phenoxy) is 5. The summed E-state index contributed by atoms with van der Waals surface area (Å²) in [5.74, 6) is 1.21. The lowest BCUT2D eigenvalue weighted by atomic mass is 9.98. The molecule has 3 N–H and O–H groups in total. The molecule has 0 spiro atoms. The van der Waals surface area contributed by atoms with Crippen molar-refractivity contribution in [3.05, 3.63) is 115 Å². The molecule has 10 heterocycles. The van der Waals surface area contributed by atoms with Gasteiger partial charge >= 0.3 is 18.3 Å². The molecule has 25 heteroatoms. The van der Waals surface area contributed by atoms with Crippen molar-refractivity contribution in [1.82, 2.24) is 29.9 Å². The van der Waals surface area contributed by atoms with Crippen LogP contribution in [0.1, 0.15) is 103 Å². The van der Waals surface area contributed by atoms with Gasteiger partial charge in [0, 0.05) is 85.4 Å². The number of aromatic nitrogens is 6. The minimum absolute atomic E-state index is 0.0101. The smallest absolute Gasteiger partial charge is 0.414 e. The van der Waals surface area contributed by atoms with Crippen molar-refractivity contribution < 1.29 is 52.5 Å². The summed E-state index contributed by atoms with van der Waals surface area (Å²) in [6.45, 7) is 8.35. The van der Waals surface area contributed by atoms with Crippen LogP contribution in [-0.2, 0) is 46.2 Å². The Bertz CT molecular complexity index is 4490. The van der Waals surface area contributed by atoms with Crippen LogP contribution in [0.2, 0.25) is 0 Å². The summed E-state index contributed by atoms with van der Waals surface area (Å²) in [5.41, 5.74) is 12.2. The second-order valence-electron chi connectivity index (χ2n) is 25.1. The van der Waals surface area contributed by atoms with E-state index in [0.29, 0.717) is 73.5 Å². The fourth-order valence-corrected chi connectivity index (χ4v) is 14.0. The van der Waals surface area contributed by atoms with Crippen molar-refractivity contribution in [1.29, 1.82) is 0 Å². The molecule has 1 unspecified atom stereocenters. The highest BCUT2D eigenvalue weighted by molar-refractivity contribution is 7.22. The maximum absolute atomic E-state index is 12.9. The monoisotopic (exact) mass is 1330 g/mol. The number of nitrogens with one attached hydrogen (secondary N) is 3. The number of pyridine rings is 4. The number of thiazole rings is 2. The van der Waals surface area contributed by atoms with Crippen LogP contribution in [0.5, 0.6) is 5.88 Å². The molecule has 4 fully saturated rings. The lowest BCUT2D eigenvalue weighted by Crippen LogP contribution is -2.42. The van der Waals surface area contributed by atoms with E-state index in [1.165, 1.54) is 36.0 Å². The van der Waals surface area contributed by atoms with Crippen LogP contribution in [-0.4, -0.2) is 124 Å². The summed E-state index contributed by atoms with van der Waals surface area (Å²) in [6.07, 6.45) is 16.6. The largest absolute Gasteiger partial charge is 0.474 e. The van der Waals surface area contributed by atoms with Gasteiger partial charge < -0.3 is 39.6 Å². The number of anilines is 6. The van der Waals surface area contributed by atoms with Gasteiger partial charge in [-0.3, -0.25) is 39.1 Å². The third kappa shape index (κ3) is 14.6. The van der Waals surface area contributed by atoms with Crippen molar-refractivity contribution in [3.8, 4) is 39.3 Å². The Morgan fingerprint density at radius 1 is 0.562 bits per heavy atom. The normalized spacial score (nSPS) is 16.7. The molecule has 0 radical (unpaired) electrons. The van der Waals surface area contributed by atoms with Crippen molar-refractivity contribution in [2.24, 2.45) is 11.8 Å². The zero-order chi connectivity index (χ0) is 66.0. The van der Waals surface area contributed by atoms with Crippen LogP contribution >= 0.6 is 22.7 Å². The molecule has 6 amide bonds. The molecule has 1 saturated heterocycles. The maximum atomic E-state index is 12.9. The topological polar surface area (TPSA) is 272 Å². The van der Waals surface area contributed by atoms with Gasteiger partial charge in [-0.25, -0.2) is 34.3 Å². The van der Waals surface area contributed by atoms with Gasteiger partial charge in [0.1, 0.15) is 30.3 Å². The predicted octanol–water partition coefficient (Wildman–Crippen LogP) is 13.9. The minimum atomic E-state index is -0.347. The summed E-state index contributed by atoms with van der Waals surface area (Å²) in [7, 11) is 0. The molecule has 9 aromatic rings. The van der Waals surface area contributed by atoms with E-state index in [1.807, 2.05) is 92.1 Å². The van der Waals surface area contributed by atoms with E-state index < -0.39 is 0 Å². The number of amides is 6. The van der Waals surface area contributed by atoms with Crippen LogP contribution in [0.25, 0.3) is 64.7 Å². The summed E-state index contributed by atoms with van der Waals surface area (Å²) in [5, 5.41) is 10.7. The number of rotatable bonds is 13. The number of hydrogen-bond acceptors (Lipinski definition) is 19. The number of benzene rings is 3. The molecule has 4 aliphatic heterocycles. The number of hydrogen-bond donors (Lipinski definition) is 3. The Morgan fingerprint density at radius 3 is 1.65 bits per heavy atom. The Kier molecular flexibility index (Phi) is 18.5. The summed E-state index contributed by atoms with van der Waals surface area (Å²) in [4.78, 5) is 106. The number of carbonyl (C=O) groups excluding carboxylic acids is 6. The molecule has 23 nitrogen and oxygen atoms in total.